The van der Waals surface area contributed by atoms with Crippen molar-refractivity contribution in [2.45, 2.75) is 32.6 Å². The summed E-state index contributed by atoms with van der Waals surface area (Å²) in [5, 5.41) is 7.79. The van der Waals surface area contributed by atoms with Gasteiger partial charge in [-0.05, 0) is 29.7 Å². The van der Waals surface area contributed by atoms with Crippen molar-refractivity contribution >= 4 is 28.1 Å². The first kappa shape index (κ1) is 17.0. The second kappa shape index (κ2) is 7.74. The number of hydrogen-bond acceptors (Lipinski definition) is 5. The molecule has 1 unspecified atom stereocenters. The molecular weight excluding hydrogens is 322 g/mol. The summed E-state index contributed by atoms with van der Waals surface area (Å²) in [7, 11) is -0.931. The summed E-state index contributed by atoms with van der Waals surface area (Å²) < 4.78 is 16.6. The molecule has 120 valence electrons. The van der Waals surface area contributed by atoms with E-state index >= 15 is 0 Å². The van der Waals surface area contributed by atoms with Gasteiger partial charge in [-0.15, -0.1) is 0 Å². The van der Waals surface area contributed by atoms with Crippen LogP contribution in [0.3, 0.4) is 0 Å². The Hall–Kier alpha value is -1.40. The number of benzene rings is 1. The number of rotatable bonds is 7. The molecule has 1 heterocycles. The molecule has 1 aromatic carbocycles. The highest BCUT2D eigenvalue weighted by Gasteiger charge is 2.09. The minimum atomic E-state index is -0.931. The normalized spacial score (nSPS) is 12.6. The Morgan fingerprint density at radius 2 is 2.18 bits per heavy atom. The predicted molar refractivity (Wildman–Crippen MR) is 89.4 cm³/mol. The molecule has 1 aromatic heterocycles. The van der Waals surface area contributed by atoms with Gasteiger partial charge in [0.25, 0.3) is 0 Å². The summed E-state index contributed by atoms with van der Waals surface area (Å²) in [4.78, 5) is 4.34. The number of hydrogen-bond donors (Lipinski definition) is 1. The van der Waals surface area contributed by atoms with Crippen LogP contribution in [0.4, 0.5) is 5.69 Å². The van der Waals surface area contributed by atoms with Crippen molar-refractivity contribution < 1.29 is 8.73 Å². The van der Waals surface area contributed by atoms with Gasteiger partial charge in [-0.2, -0.15) is 4.98 Å². The third kappa shape index (κ3) is 5.10. The van der Waals surface area contributed by atoms with Crippen LogP contribution in [-0.2, 0) is 29.5 Å². The molecule has 0 amide bonds. The van der Waals surface area contributed by atoms with Gasteiger partial charge in [-0.3, -0.25) is 4.21 Å². The van der Waals surface area contributed by atoms with Crippen molar-refractivity contribution in [2.75, 3.05) is 11.6 Å². The summed E-state index contributed by atoms with van der Waals surface area (Å²) in [5.74, 6) is 2.20. The van der Waals surface area contributed by atoms with Crippen LogP contribution in [0.1, 0.15) is 31.1 Å². The number of halogens is 1. The van der Waals surface area contributed by atoms with Gasteiger partial charge in [0, 0.05) is 39.9 Å². The van der Waals surface area contributed by atoms with E-state index in [2.05, 4.69) is 29.3 Å². The first-order valence-corrected chi connectivity index (χ1v) is 9.18. The first-order valence-electron chi connectivity index (χ1n) is 7.08. The van der Waals surface area contributed by atoms with Crippen LogP contribution in [0.2, 0.25) is 5.02 Å². The van der Waals surface area contributed by atoms with E-state index in [-0.39, 0.29) is 0 Å². The van der Waals surface area contributed by atoms with Gasteiger partial charge < -0.3 is 9.84 Å². The minimum absolute atomic E-state index is 0.438. The van der Waals surface area contributed by atoms with Gasteiger partial charge in [0.15, 0.2) is 5.82 Å². The van der Waals surface area contributed by atoms with Crippen LogP contribution in [0.15, 0.2) is 22.7 Å². The third-order valence-corrected chi connectivity index (χ3v) is 4.04. The Morgan fingerprint density at radius 1 is 1.41 bits per heavy atom. The average molecular weight is 342 g/mol. The highest BCUT2D eigenvalue weighted by Crippen LogP contribution is 2.22. The van der Waals surface area contributed by atoms with Gasteiger partial charge in [0.05, 0.1) is 6.54 Å². The van der Waals surface area contributed by atoms with Crippen molar-refractivity contribution in [3.05, 3.63) is 40.5 Å². The maximum atomic E-state index is 11.3. The summed E-state index contributed by atoms with van der Waals surface area (Å²) in [6.45, 7) is 4.67. The monoisotopic (exact) mass is 341 g/mol. The third-order valence-electron chi connectivity index (χ3n) is 2.95. The quantitative estimate of drug-likeness (QED) is 0.835. The fraction of sp³-hybridized carbons (Fsp3) is 0.467. The minimum Gasteiger partial charge on any atom is -0.376 e. The van der Waals surface area contributed by atoms with Gasteiger partial charge >= 0.3 is 0 Å². The zero-order valence-electron chi connectivity index (χ0n) is 12.9. The van der Waals surface area contributed by atoms with Gasteiger partial charge in [-0.1, -0.05) is 30.6 Å². The van der Waals surface area contributed by atoms with Crippen molar-refractivity contribution in [1.29, 1.82) is 0 Å². The van der Waals surface area contributed by atoms with Crippen molar-refractivity contribution in [1.82, 2.24) is 10.1 Å². The Kier molecular flexibility index (Phi) is 5.97. The van der Waals surface area contributed by atoms with E-state index in [0.717, 1.165) is 23.5 Å². The zero-order chi connectivity index (χ0) is 16.1. The molecule has 5 nitrogen and oxygen atoms in total. The topological polar surface area (TPSA) is 68.0 Å². The van der Waals surface area contributed by atoms with Gasteiger partial charge in [-0.25, -0.2) is 0 Å². The van der Waals surface area contributed by atoms with E-state index in [1.165, 1.54) is 0 Å². The van der Waals surface area contributed by atoms with Crippen molar-refractivity contribution in [3.8, 4) is 0 Å². The van der Waals surface area contributed by atoms with Crippen LogP contribution >= 0.6 is 11.6 Å². The molecular formula is C15H20ClN3O2S. The molecule has 0 aliphatic heterocycles. The Bertz CT molecular complexity index is 658. The summed E-state index contributed by atoms with van der Waals surface area (Å²) >= 11 is 6.11. The lowest BCUT2D eigenvalue weighted by molar-refractivity contribution is 0.375. The lowest BCUT2D eigenvalue weighted by Gasteiger charge is -2.07. The summed E-state index contributed by atoms with van der Waals surface area (Å²) in [6, 6.07) is 5.56. The van der Waals surface area contributed by atoms with E-state index in [1.54, 1.807) is 12.3 Å². The van der Waals surface area contributed by atoms with Gasteiger partial charge in [0.1, 0.15) is 0 Å². The van der Waals surface area contributed by atoms with E-state index in [0.29, 0.717) is 29.1 Å². The van der Waals surface area contributed by atoms with Crippen LogP contribution in [-0.4, -0.2) is 20.6 Å². The van der Waals surface area contributed by atoms with Crippen LogP contribution in [0.5, 0.6) is 0 Å². The fourth-order valence-electron chi connectivity index (χ4n) is 2.00. The largest absolute Gasteiger partial charge is 0.376 e. The number of anilines is 1. The molecule has 2 aromatic rings. The summed E-state index contributed by atoms with van der Waals surface area (Å²) in [5.41, 5.74) is 1.74. The Balaban J connectivity index is 1.99. The van der Waals surface area contributed by atoms with Crippen LogP contribution in [0, 0.1) is 5.92 Å². The molecule has 0 bridgehead atoms. The SMILES string of the molecule is CC(C)Cc1noc(CNc2ccc(Cl)c(CS(C)=O)c2)n1. The molecule has 1 atom stereocenters. The van der Waals surface area contributed by atoms with Crippen molar-refractivity contribution in [3.63, 3.8) is 0 Å². The standard InChI is InChI=1S/C15H20ClN3O2S/c1-10(2)6-14-18-15(21-19-14)8-17-12-4-5-13(16)11(7-12)9-22(3)20/h4-5,7,10,17H,6,8-9H2,1-3H3. The lowest BCUT2D eigenvalue weighted by atomic mass is 10.1. The van der Waals surface area contributed by atoms with Crippen LogP contribution < -0.4 is 5.32 Å². The maximum absolute atomic E-state index is 11.3. The molecule has 0 fully saturated rings. The molecule has 2 rings (SSSR count). The number of aromatic nitrogens is 2. The highest BCUT2D eigenvalue weighted by atomic mass is 35.5. The lowest BCUT2D eigenvalue weighted by Crippen LogP contribution is -2.02. The second-order valence-corrected chi connectivity index (χ2v) is 7.42. The number of nitrogens with zero attached hydrogens (tertiary/aromatic N) is 2. The molecule has 7 heteroatoms. The van der Waals surface area contributed by atoms with E-state index in [9.17, 15) is 4.21 Å². The van der Waals surface area contributed by atoms with E-state index in [4.69, 9.17) is 16.1 Å². The Morgan fingerprint density at radius 3 is 2.86 bits per heavy atom. The second-order valence-electron chi connectivity index (χ2n) is 5.58. The van der Waals surface area contributed by atoms with Crippen LogP contribution in [0.25, 0.3) is 0 Å². The van der Waals surface area contributed by atoms with Gasteiger partial charge in [0.2, 0.25) is 5.89 Å². The van der Waals surface area contributed by atoms with Crippen molar-refractivity contribution in [2.24, 2.45) is 5.92 Å². The molecule has 0 radical (unpaired) electrons. The predicted octanol–water partition coefficient (Wildman–Crippen LogP) is 3.41. The fourth-order valence-corrected chi connectivity index (χ4v) is 2.94. The zero-order valence-corrected chi connectivity index (χ0v) is 14.5. The molecule has 22 heavy (non-hydrogen) atoms. The average Bonchev–Trinajstić information content (AvgIpc) is 2.86. The smallest absolute Gasteiger partial charge is 0.245 e. The molecule has 0 saturated carbocycles. The highest BCUT2D eigenvalue weighted by molar-refractivity contribution is 7.83. The maximum Gasteiger partial charge on any atom is 0.245 e. The first-order chi connectivity index (χ1) is 10.4. The molecule has 0 spiro atoms. The van der Waals surface area contributed by atoms with E-state index in [1.807, 2.05) is 12.1 Å². The summed E-state index contributed by atoms with van der Waals surface area (Å²) in [6.07, 6.45) is 2.46. The molecule has 0 aliphatic carbocycles. The Labute approximate surface area is 137 Å². The van der Waals surface area contributed by atoms with E-state index < -0.39 is 10.8 Å². The number of nitrogens with one attached hydrogen (secondary N) is 1. The molecule has 0 aliphatic rings. The molecule has 1 N–H and O–H groups in total. The molecule has 0 saturated heterocycles.